The first kappa shape index (κ1) is 19.4. The number of carbonyl (C=O) groups is 2. The lowest BCUT2D eigenvalue weighted by Gasteiger charge is -2.18. The van der Waals surface area contributed by atoms with Crippen LogP contribution in [0.2, 0.25) is 0 Å². The van der Waals surface area contributed by atoms with Crippen molar-refractivity contribution in [1.82, 2.24) is 14.9 Å². The van der Waals surface area contributed by atoms with Gasteiger partial charge in [0.25, 0.3) is 0 Å². The van der Waals surface area contributed by atoms with Crippen molar-refractivity contribution in [2.24, 2.45) is 0 Å². The van der Waals surface area contributed by atoms with E-state index in [2.05, 4.69) is 10.3 Å². The summed E-state index contributed by atoms with van der Waals surface area (Å²) in [4.78, 5) is 30.8. The zero-order valence-electron chi connectivity index (χ0n) is 16.1. The highest BCUT2D eigenvalue weighted by Gasteiger charge is 2.17. The number of benzene rings is 2. The lowest BCUT2D eigenvalue weighted by molar-refractivity contribution is -0.119. The summed E-state index contributed by atoms with van der Waals surface area (Å²) < 4.78 is 1.93. The molecule has 0 aliphatic rings. The zero-order valence-corrected chi connectivity index (χ0v) is 16.1. The van der Waals surface area contributed by atoms with E-state index in [1.54, 1.807) is 24.9 Å². The second kappa shape index (κ2) is 8.99. The minimum Gasteiger partial charge on any atom is -0.352 e. The van der Waals surface area contributed by atoms with Crippen LogP contribution in [0.3, 0.4) is 0 Å². The molecule has 0 radical (unpaired) electrons. The van der Waals surface area contributed by atoms with Gasteiger partial charge in [0, 0.05) is 25.7 Å². The number of nitrogens with zero attached hydrogens (tertiary/aromatic N) is 3. The van der Waals surface area contributed by atoms with Crippen molar-refractivity contribution in [3.8, 4) is 0 Å². The van der Waals surface area contributed by atoms with Crippen LogP contribution in [0.1, 0.15) is 12.7 Å². The maximum absolute atomic E-state index is 12.9. The Morgan fingerprint density at radius 3 is 2.57 bits per heavy atom. The molecule has 1 N–H and O–H groups in total. The predicted octanol–water partition coefficient (Wildman–Crippen LogP) is 2.93. The molecule has 1 heterocycles. The topological polar surface area (TPSA) is 67.2 Å². The Labute approximate surface area is 164 Å². The standard InChI is InChI=1S/C22H24N4O2/c1-3-9-21(27)23-15-14-20-24-18-12-7-8-13-19(18)26(20)16-22(28)25(2)17-10-5-4-6-11-17/h3-13H,14-16H2,1-2H3,(H,23,27)/b9-3+. The van der Waals surface area contributed by atoms with Crippen molar-refractivity contribution in [3.05, 3.63) is 72.6 Å². The minimum atomic E-state index is -0.134. The second-order valence-electron chi connectivity index (χ2n) is 6.43. The number of carbonyl (C=O) groups excluding carboxylic acids is 2. The fraction of sp³-hybridized carbons (Fsp3) is 0.227. The number of allylic oxidation sites excluding steroid dienone is 1. The quantitative estimate of drug-likeness (QED) is 0.645. The summed E-state index contributed by atoms with van der Waals surface area (Å²) in [5.41, 5.74) is 2.59. The van der Waals surface area contributed by atoms with E-state index < -0.39 is 0 Å². The molecular weight excluding hydrogens is 352 g/mol. The van der Waals surface area contributed by atoms with E-state index in [9.17, 15) is 9.59 Å². The third-order valence-electron chi connectivity index (χ3n) is 4.51. The molecule has 0 aliphatic heterocycles. The molecule has 6 heteroatoms. The summed E-state index contributed by atoms with van der Waals surface area (Å²) in [6.07, 6.45) is 3.73. The highest BCUT2D eigenvalue weighted by Crippen LogP contribution is 2.18. The molecule has 0 bridgehead atoms. The van der Waals surface area contributed by atoms with Gasteiger partial charge in [-0.25, -0.2) is 4.98 Å². The number of imidazole rings is 1. The molecule has 1 aromatic heterocycles. The van der Waals surface area contributed by atoms with Crippen LogP contribution in [-0.2, 0) is 22.6 Å². The Balaban J connectivity index is 1.80. The van der Waals surface area contributed by atoms with Crippen LogP contribution in [0, 0.1) is 0 Å². The number of aromatic nitrogens is 2. The molecule has 0 unspecified atom stereocenters. The number of hydrogen-bond acceptors (Lipinski definition) is 3. The van der Waals surface area contributed by atoms with Crippen molar-refractivity contribution < 1.29 is 9.59 Å². The molecular formula is C22H24N4O2. The van der Waals surface area contributed by atoms with E-state index >= 15 is 0 Å². The fourth-order valence-corrected chi connectivity index (χ4v) is 3.04. The van der Waals surface area contributed by atoms with Crippen LogP contribution in [0.25, 0.3) is 11.0 Å². The first-order chi connectivity index (χ1) is 13.6. The Morgan fingerprint density at radius 1 is 1.11 bits per heavy atom. The highest BCUT2D eigenvalue weighted by molar-refractivity contribution is 5.93. The molecule has 0 saturated carbocycles. The van der Waals surface area contributed by atoms with E-state index in [0.29, 0.717) is 13.0 Å². The van der Waals surface area contributed by atoms with Crippen molar-refractivity contribution >= 4 is 28.5 Å². The smallest absolute Gasteiger partial charge is 0.246 e. The molecule has 3 aromatic rings. The molecule has 3 rings (SSSR count). The summed E-state index contributed by atoms with van der Waals surface area (Å²) in [6.45, 7) is 2.44. The molecule has 6 nitrogen and oxygen atoms in total. The van der Waals surface area contributed by atoms with Crippen molar-refractivity contribution in [2.75, 3.05) is 18.5 Å². The van der Waals surface area contributed by atoms with Crippen LogP contribution in [0.15, 0.2) is 66.7 Å². The first-order valence-corrected chi connectivity index (χ1v) is 9.26. The molecule has 2 aromatic carbocycles. The average molecular weight is 376 g/mol. The Hall–Kier alpha value is -3.41. The molecule has 0 aliphatic carbocycles. The Morgan fingerprint density at radius 2 is 1.82 bits per heavy atom. The number of likely N-dealkylation sites (N-methyl/N-ethyl adjacent to an activating group) is 1. The van der Waals surface area contributed by atoms with Crippen LogP contribution in [0.4, 0.5) is 5.69 Å². The predicted molar refractivity (Wildman–Crippen MR) is 111 cm³/mol. The summed E-state index contributed by atoms with van der Waals surface area (Å²) in [5.74, 6) is 0.607. The van der Waals surface area contributed by atoms with E-state index in [1.807, 2.05) is 59.2 Å². The van der Waals surface area contributed by atoms with E-state index in [0.717, 1.165) is 22.5 Å². The SMILES string of the molecule is C/C=C/C(=O)NCCc1nc2ccccc2n1CC(=O)N(C)c1ccccc1. The zero-order chi connectivity index (χ0) is 19.9. The van der Waals surface area contributed by atoms with Gasteiger partial charge in [-0.05, 0) is 37.3 Å². The van der Waals surface area contributed by atoms with Crippen molar-refractivity contribution in [2.45, 2.75) is 19.9 Å². The third-order valence-corrected chi connectivity index (χ3v) is 4.51. The summed E-state index contributed by atoms with van der Waals surface area (Å²) in [5, 5.41) is 2.83. The summed E-state index contributed by atoms with van der Waals surface area (Å²) in [7, 11) is 1.77. The van der Waals surface area contributed by atoms with Gasteiger partial charge < -0.3 is 14.8 Å². The normalized spacial score (nSPS) is 11.1. The highest BCUT2D eigenvalue weighted by atomic mass is 16.2. The van der Waals surface area contributed by atoms with E-state index in [-0.39, 0.29) is 18.4 Å². The maximum Gasteiger partial charge on any atom is 0.246 e. The Bertz CT molecular complexity index is 992. The molecule has 144 valence electrons. The number of hydrogen-bond donors (Lipinski definition) is 1. The van der Waals surface area contributed by atoms with Gasteiger partial charge in [0.2, 0.25) is 11.8 Å². The fourth-order valence-electron chi connectivity index (χ4n) is 3.04. The first-order valence-electron chi connectivity index (χ1n) is 9.26. The number of amides is 2. The van der Waals surface area contributed by atoms with Crippen LogP contribution < -0.4 is 10.2 Å². The minimum absolute atomic E-state index is 0.0337. The van der Waals surface area contributed by atoms with Crippen molar-refractivity contribution in [3.63, 3.8) is 0 Å². The number of anilines is 1. The largest absolute Gasteiger partial charge is 0.352 e. The summed E-state index contributed by atoms with van der Waals surface area (Å²) in [6, 6.07) is 17.3. The molecule has 0 fully saturated rings. The van der Waals surface area contributed by atoms with Gasteiger partial charge in [0.15, 0.2) is 0 Å². The van der Waals surface area contributed by atoms with Crippen LogP contribution in [0.5, 0.6) is 0 Å². The number of rotatable bonds is 7. The number of nitrogens with one attached hydrogen (secondary N) is 1. The monoisotopic (exact) mass is 376 g/mol. The summed E-state index contributed by atoms with van der Waals surface area (Å²) >= 11 is 0. The number of para-hydroxylation sites is 3. The second-order valence-corrected chi connectivity index (χ2v) is 6.43. The third kappa shape index (κ3) is 4.46. The van der Waals surface area contributed by atoms with E-state index in [4.69, 9.17) is 0 Å². The van der Waals surface area contributed by atoms with E-state index in [1.165, 1.54) is 6.08 Å². The molecule has 0 spiro atoms. The molecule has 2 amide bonds. The van der Waals surface area contributed by atoms with Gasteiger partial charge in [0.1, 0.15) is 12.4 Å². The lowest BCUT2D eigenvalue weighted by atomic mass is 10.3. The van der Waals surface area contributed by atoms with Crippen molar-refractivity contribution in [1.29, 1.82) is 0 Å². The van der Waals surface area contributed by atoms with Gasteiger partial charge in [-0.2, -0.15) is 0 Å². The molecule has 0 atom stereocenters. The van der Waals surface area contributed by atoms with Gasteiger partial charge in [-0.15, -0.1) is 0 Å². The number of fused-ring (bicyclic) bond motifs is 1. The van der Waals surface area contributed by atoms with Gasteiger partial charge >= 0.3 is 0 Å². The molecule has 28 heavy (non-hydrogen) atoms. The van der Waals surface area contributed by atoms with Crippen LogP contribution in [-0.4, -0.2) is 35.0 Å². The van der Waals surface area contributed by atoms with Gasteiger partial charge in [0.05, 0.1) is 11.0 Å². The van der Waals surface area contributed by atoms with Gasteiger partial charge in [-0.3, -0.25) is 9.59 Å². The lowest BCUT2D eigenvalue weighted by Crippen LogP contribution is -2.31. The Kier molecular flexibility index (Phi) is 6.22. The average Bonchev–Trinajstić information content (AvgIpc) is 3.05. The maximum atomic E-state index is 12.9. The molecule has 0 saturated heterocycles. The van der Waals surface area contributed by atoms with Crippen LogP contribution >= 0.6 is 0 Å². The van der Waals surface area contributed by atoms with Gasteiger partial charge in [-0.1, -0.05) is 36.4 Å².